The maximum atomic E-state index is 6.25. The monoisotopic (exact) mass is 261 g/mol. The summed E-state index contributed by atoms with van der Waals surface area (Å²) in [6.07, 6.45) is 3.85. The van der Waals surface area contributed by atoms with Crippen LogP contribution < -0.4 is 5.73 Å². The fourth-order valence-corrected chi connectivity index (χ4v) is 2.23. The van der Waals surface area contributed by atoms with E-state index in [9.17, 15) is 0 Å². The van der Waals surface area contributed by atoms with E-state index in [1.165, 1.54) is 0 Å². The number of hydrogen-bond donors (Lipinski definition) is 1. The molecule has 0 bridgehead atoms. The van der Waals surface area contributed by atoms with Gasteiger partial charge in [-0.3, -0.25) is 9.36 Å². The molecule has 104 valence electrons. The molecule has 0 amide bonds. The Morgan fingerprint density at radius 1 is 1.37 bits per heavy atom. The first-order chi connectivity index (χ1) is 9.01. The average Bonchev–Trinajstić information content (AvgIpc) is 2.95. The van der Waals surface area contributed by atoms with Gasteiger partial charge in [0.05, 0.1) is 23.1 Å². The summed E-state index contributed by atoms with van der Waals surface area (Å²) < 4.78 is 3.86. The fourth-order valence-electron chi connectivity index (χ4n) is 2.23. The second-order valence-electron chi connectivity index (χ2n) is 5.19. The van der Waals surface area contributed by atoms with E-state index in [-0.39, 0.29) is 6.04 Å². The van der Waals surface area contributed by atoms with Gasteiger partial charge in [0, 0.05) is 25.7 Å². The largest absolute Gasteiger partial charge is 0.322 e. The minimum absolute atomic E-state index is 0.0634. The molecule has 2 heterocycles. The van der Waals surface area contributed by atoms with Crippen molar-refractivity contribution in [2.24, 2.45) is 12.8 Å². The minimum Gasteiger partial charge on any atom is -0.322 e. The van der Waals surface area contributed by atoms with Gasteiger partial charge in [0.15, 0.2) is 0 Å². The molecule has 5 nitrogen and oxygen atoms in total. The molecule has 0 aromatic carbocycles. The lowest BCUT2D eigenvalue weighted by Gasteiger charge is -2.11. The smallest absolute Gasteiger partial charge is 0.0644 e. The molecule has 0 saturated heterocycles. The third kappa shape index (κ3) is 3.04. The predicted molar refractivity (Wildman–Crippen MR) is 75.8 cm³/mol. The molecule has 0 spiro atoms. The normalized spacial score (nSPS) is 14.6. The summed E-state index contributed by atoms with van der Waals surface area (Å²) in [5.74, 6) is 0. The molecule has 0 aliphatic carbocycles. The lowest BCUT2D eigenvalue weighted by atomic mass is 10.1. The van der Waals surface area contributed by atoms with Crippen LogP contribution in [0.4, 0.5) is 0 Å². The summed E-state index contributed by atoms with van der Waals surface area (Å²) in [5.41, 5.74) is 9.33. The van der Waals surface area contributed by atoms with Crippen LogP contribution in [0, 0.1) is 6.92 Å². The Kier molecular flexibility index (Phi) is 4.04. The van der Waals surface area contributed by atoms with Crippen LogP contribution in [0.1, 0.15) is 49.4 Å². The van der Waals surface area contributed by atoms with E-state index in [1.54, 1.807) is 0 Å². The molecule has 2 aromatic heterocycles. The van der Waals surface area contributed by atoms with Gasteiger partial charge in [-0.2, -0.15) is 10.2 Å². The van der Waals surface area contributed by atoms with Gasteiger partial charge in [-0.25, -0.2) is 0 Å². The SMILES string of the molecule is CCC(C)n1ccc(CC(N)c2cc(C)nn2C)n1. The van der Waals surface area contributed by atoms with Crippen molar-refractivity contribution < 1.29 is 0 Å². The van der Waals surface area contributed by atoms with E-state index in [4.69, 9.17) is 5.73 Å². The maximum absolute atomic E-state index is 6.25. The van der Waals surface area contributed by atoms with Gasteiger partial charge in [0.1, 0.15) is 0 Å². The summed E-state index contributed by atoms with van der Waals surface area (Å²) >= 11 is 0. The Morgan fingerprint density at radius 2 is 2.11 bits per heavy atom. The average molecular weight is 261 g/mol. The summed E-state index contributed by atoms with van der Waals surface area (Å²) in [6, 6.07) is 4.46. The minimum atomic E-state index is -0.0634. The van der Waals surface area contributed by atoms with Crippen LogP contribution >= 0.6 is 0 Å². The van der Waals surface area contributed by atoms with Gasteiger partial charge in [-0.15, -0.1) is 0 Å². The number of nitrogens with zero attached hydrogens (tertiary/aromatic N) is 4. The predicted octanol–water partition coefficient (Wildman–Crippen LogP) is 2.14. The highest BCUT2D eigenvalue weighted by molar-refractivity contribution is 5.15. The van der Waals surface area contributed by atoms with Crippen molar-refractivity contribution in [2.45, 2.75) is 45.7 Å². The Hall–Kier alpha value is -1.62. The molecular weight excluding hydrogens is 238 g/mol. The Balaban J connectivity index is 2.08. The van der Waals surface area contributed by atoms with Crippen LogP contribution in [0.15, 0.2) is 18.3 Å². The summed E-state index contributed by atoms with van der Waals surface area (Å²) in [4.78, 5) is 0. The molecular formula is C14H23N5. The molecule has 2 unspecified atom stereocenters. The number of nitrogens with two attached hydrogens (primary N) is 1. The van der Waals surface area contributed by atoms with Crippen molar-refractivity contribution in [3.8, 4) is 0 Å². The zero-order chi connectivity index (χ0) is 14.0. The van der Waals surface area contributed by atoms with Gasteiger partial charge in [0.25, 0.3) is 0 Å². The first kappa shape index (κ1) is 13.8. The van der Waals surface area contributed by atoms with Gasteiger partial charge in [-0.05, 0) is 32.4 Å². The van der Waals surface area contributed by atoms with E-state index in [0.29, 0.717) is 6.04 Å². The number of aromatic nitrogens is 4. The Bertz CT molecular complexity index is 540. The highest BCUT2D eigenvalue weighted by atomic mass is 15.3. The molecule has 2 rings (SSSR count). The molecule has 2 N–H and O–H groups in total. The second-order valence-corrected chi connectivity index (χ2v) is 5.19. The van der Waals surface area contributed by atoms with Crippen LogP contribution in [-0.2, 0) is 13.5 Å². The molecule has 5 heteroatoms. The standard InChI is InChI=1S/C14H23N5/c1-5-11(3)19-7-6-12(17-19)9-13(15)14-8-10(2)16-18(14)4/h6-8,11,13H,5,9,15H2,1-4H3. The molecule has 2 atom stereocenters. The topological polar surface area (TPSA) is 61.7 Å². The molecule has 0 radical (unpaired) electrons. The third-order valence-corrected chi connectivity index (χ3v) is 3.55. The van der Waals surface area contributed by atoms with Crippen LogP contribution in [0.25, 0.3) is 0 Å². The van der Waals surface area contributed by atoms with Gasteiger partial charge < -0.3 is 5.73 Å². The molecule has 0 aliphatic heterocycles. The Morgan fingerprint density at radius 3 is 2.68 bits per heavy atom. The highest BCUT2D eigenvalue weighted by Crippen LogP contribution is 2.17. The fraction of sp³-hybridized carbons (Fsp3) is 0.571. The Labute approximate surface area is 114 Å². The van der Waals surface area contributed by atoms with Crippen LogP contribution in [-0.4, -0.2) is 19.6 Å². The maximum Gasteiger partial charge on any atom is 0.0644 e. The zero-order valence-corrected chi connectivity index (χ0v) is 12.2. The molecule has 0 fully saturated rings. The summed E-state index contributed by atoms with van der Waals surface area (Å²) in [7, 11) is 1.93. The summed E-state index contributed by atoms with van der Waals surface area (Å²) in [6.45, 7) is 6.31. The molecule has 2 aromatic rings. The van der Waals surface area contributed by atoms with Gasteiger partial charge >= 0.3 is 0 Å². The van der Waals surface area contributed by atoms with E-state index in [2.05, 4.69) is 30.1 Å². The quantitative estimate of drug-likeness (QED) is 0.897. The highest BCUT2D eigenvalue weighted by Gasteiger charge is 2.14. The number of hydrogen-bond acceptors (Lipinski definition) is 3. The van der Waals surface area contributed by atoms with Crippen LogP contribution in [0.5, 0.6) is 0 Å². The van der Waals surface area contributed by atoms with E-state index < -0.39 is 0 Å². The van der Waals surface area contributed by atoms with E-state index in [0.717, 1.165) is 29.9 Å². The number of aryl methyl sites for hydroxylation is 2. The van der Waals surface area contributed by atoms with Crippen LogP contribution in [0.3, 0.4) is 0 Å². The van der Waals surface area contributed by atoms with Crippen molar-refractivity contribution in [3.63, 3.8) is 0 Å². The van der Waals surface area contributed by atoms with E-state index in [1.807, 2.05) is 35.6 Å². The van der Waals surface area contributed by atoms with Crippen LogP contribution in [0.2, 0.25) is 0 Å². The number of rotatable bonds is 5. The lowest BCUT2D eigenvalue weighted by molar-refractivity contribution is 0.471. The van der Waals surface area contributed by atoms with Crippen molar-refractivity contribution in [1.29, 1.82) is 0 Å². The zero-order valence-electron chi connectivity index (χ0n) is 12.2. The second kappa shape index (κ2) is 5.57. The molecule has 19 heavy (non-hydrogen) atoms. The van der Waals surface area contributed by atoms with Gasteiger partial charge in [0.2, 0.25) is 0 Å². The first-order valence-electron chi connectivity index (χ1n) is 6.81. The third-order valence-electron chi connectivity index (χ3n) is 3.55. The van der Waals surface area contributed by atoms with E-state index >= 15 is 0 Å². The van der Waals surface area contributed by atoms with Crippen molar-refractivity contribution in [1.82, 2.24) is 19.6 Å². The van der Waals surface area contributed by atoms with Gasteiger partial charge in [-0.1, -0.05) is 6.92 Å². The molecule has 0 aliphatic rings. The van der Waals surface area contributed by atoms with Crippen molar-refractivity contribution in [2.75, 3.05) is 0 Å². The van der Waals surface area contributed by atoms with Crippen molar-refractivity contribution >= 4 is 0 Å². The lowest BCUT2D eigenvalue weighted by Crippen LogP contribution is -2.17. The van der Waals surface area contributed by atoms with Crippen molar-refractivity contribution in [3.05, 3.63) is 35.4 Å². The summed E-state index contributed by atoms with van der Waals surface area (Å²) in [5, 5.41) is 8.92. The first-order valence-corrected chi connectivity index (χ1v) is 6.81. The molecule has 0 saturated carbocycles.